The topological polar surface area (TPSA) is 171 Å². The summed E-state index contributed by atoms with van der Waals surface area (Å²) in [6.45, 7) is 15.8. The van der Waals surface area contributed by atoms with Gasteiger partial charge in [-0.15, -0.1) is 0 Å². The summed E-state index contributed by atoms with van der Waals surface area (Å²) >= 11 is 0. The van der Waals surface area contributed by atoms with Crippen LogP contribution in [0.2, 0.25) is 0 Å². The second-order valence-corrected chi connectivity index (χ2v) is 22.9. The van der Waals surface area contributed by atoms with Crippen LogP contribution in [-0.2, 0) is 29.0 Å². The van der Waals surface area contributed by atoms with Crippen molar-refractivity contribution in [2.45, 2.75) is 178 Å². The summed E-state index contributed by atoms with van der Waals surface area (Å²) in [6, 6.07) is -2.36. The van der Waals surface area contributed by atoms with E-state index in [1.54, 1.807) is 32.6 Å². The number of urea groups is 1. The summed E-state index contributed by atoms with van der Waals surface area (Å²) in [4.78, 5) is 72.1. The molecule has 7 atom stereocenters. The number of fused-ring (bicyclic) bond motifs is 1. The molecule has 4 N–H and O–H groups in total. The van der Waals surface area contributed by atoms with Crippen LogP contribution in [0, 0.1) is 34.5 Å². The molecule has 1 heterocycles. The Kier molecular flexibility index (Phi) is 10.9. The predicted octanol–water partition coefficient (Wildman–Crippen LogP) is 4.79. The Morgan fingerprint density at radius 3 is 2.00 bits per heavy atom. The third-order valence-electron chi connectivity index (χ3n) is 15.0. The van der Waals surface area contributed by atoms with E-state index in [4.69, 9.17) is 0 Å². The van der Waals surface area contributed by atoms with Crippen LogP contribution in [0.1, 0.15) is 145 Å². The first kappa shape index (κ1) is 40.9. The van der Waals surface area contributed by atoms with Gasteiger partial charge in [-0.1, -0.05) is 72.6 Å². The number of Topliss-reactive ketones (excluding diaryl/α,β-unsaturated/α-hetero) is 1. The molecule has 0 bridgehead atoms. The van der Waals surface area contributed by atoms with Crippen LogP contribution in [0.5, 0.6) is 0 Å². The molecule has 0 radical (unpaired) electrons. The Bertz CT molecular complexity index is 1620. The second-order valence-electron chi connectivity index (χ2n) is 19.9. The monoisotopic (exact) mass is 773 g/mol. The number of sulfone groups is 1. The molecule has 304 valence electrons. The van der Waals surface area contributed by atoms with Crippen LogP contribution in [-0.4, -0.2) is 89.1 Å². The van der Waals surface area contributed by atoms with Gasteiger partial charge in [0.15, 0.2) is 9.84 Å². The van der Waals surface area contributed by atoms with Crippen molar-refractivity contribution in [3.05, 3.63) is 0 Å². The number of carbonyl (C=O) groups is 5. The number of nitrogens with one attached hydrogen (secondary N) is 4. The summed E-state index contributed by atoms with van der Waals surface area (Å²) in [7, 11) is -3.64. The summed E-state index contributed by atoms with van der Waals surface area (Å²) < 4.78 is 26.6. The zero-order valence-electron chi connectivity index (χ0n) is 34.1. The molecule has 6 aliphatic rings. The molecule has 12 nitrogen and oxygen atoms in total. The molecule has 6 rings (SSSR count). The van der Waals surface area contributed by atoms with Crippen LogP contribution < -0.4 is 21.3 Å². The van der Waals surface area contributed by atoms with E-state index in [0.717, 1.165) is 64.2 Å². The lowest BCUT2D eigenvalue weighted by Gasteiger charge is -2.46. The first-order valence-electron chi connectivity index (χ1n) is 20.9. The maximum absolute atomic E-state index is 15.0. The number of likely N-dealkylation sites (tertiary alicyclic amines) is 1. The highest BCUT2D eigenvalue weighted by atomic mass is 32.2. The third kappa shape index (κ3) is 7.33. The number of ketones is 1. The van der Waals surface area contributed by atoms with Gasteiger partial charge in [-0.05, 0) is 107 Å². The van der Waals surface area contributed by atoms with E-state index in [2.05, 4.69) is 35.1 Å². The molecular weight excluding hydrogens is 707 g/mol. The minimum atomic E-state index is -3.64. The maximum Gasteiger partial charge on any atom is 0.315 e. The van der Waals surface area contributed by atoms with E-state index in [0.29, 0.717) is 44.7 Å². The number of hydrogen-bond donors (Lipinski definition) is 4. The Hall–Kier alpha value is -2.70. The van der Waals surface area contributed by atoms with Crippen LogP contribution >= 0.6 is 0 Å². The Morgan fingerprint density at radius 2 is 1.46 bits per heavy atom. The number of hydrogen-bond acceptors (Lipinski definition) is 7. The van der Waals surface area contributed by atoms with Gasteiger partial charge in [0.2, 0.25) is 17.6 Å². The van der Waals surface area contributed by atoms with Gasteiger partial charge in [0.05, 0.1) is 15.5 Å². The Labute approximate surface area is 323 Å². The molecule has 13 heteroatoms. The van der Waals surface area contributed by atoms with Crippen molar-refractivity contribution in [2.75, 3.05) is 13.1 Å². The molecule has 0 aromatic carbocycles. The molecule has 1 saturated heterocycles. The Morgan fingerprint density at radius 1 is 0.870 bits per heavy atom. The zero-order chi connectivity index (χ0) is 39.6. The molecule has 5 aliphatic carbocycles. The van der Waals surface area contributed by atoms with E-state index in [1.807, 2.05) is 13.8 Å². The highest BCUT2D eigenvalue weighted by Gasteiger charge is 2.71. The Balaban J connectivity index is 1.25. The lowest BCUT2D eigenvalue weighted by Crippen LogP contribution is -2.66. The number of nitrogens with zero attached hydrogens (tertiary/aromatic N) is 1. The second kappa shape index (κ2) is 14.4. The minimum Gasteiger partial charge on any atom is -0.349 e. The molecule has 5 saturated carbocycles. The average Bonchev–Trinajstić information content (AvgIpc) is 4.07. The van der Waals surface area contributed by atoms with Gasteiger partial charge in [-0.2, -0.15) is 0 Å². The van der Waals surface area contributed by atoms with E-state index >= 15 is 4.79 Å². The quantitative estimate of drug-likeness (QED) is 0.195. The molecule has 0 aromatic rings. The van der Waals surface area contributed by atoms with Crippen molar-refractivity contribution in [3.63, 3.8) is 0 Å². The molecule has 1 aliphatic heterocycles. The summed E-state index contributed by atoms with van der Waals surface area (Å²) in [5.74, 6) is -1.82. The van der Waals surface area contributed by atoms with Gasteiger partial charge in [0, 0.05) is 13.1 Å². The lowest BCUT2D eigenvalue weighted by atomic mass is 9.70. The van der Waals surface area contributed by atoms with E-state index < -0.39 is 72.0 Å². The molecule has 3 unspecified atom stereocenters. The number of rotatable bonds is 13. The molecular formula is C41H67N5O7S. The van der Waals surface area contributed by atoms with Crippen molar-refractivity contribution in [1.29, 1.82) is 0 Å². The highest BCUT2D eigenvalue weighted by molar-refractivity contribution is 7.93. The number of piperidine rings is 1. The molecule has 0 spiro atoms. The van der Waals surface area contributed by atoms with Crippen molar-refractivity contribution in [3.8, 4) is 0 Å². The van der Waals surface area contributed by atoms with Gasteiger partial charge in [-0.25, -0.2) is 13.2 Å². The lowest BCUT2D eigenvalue weighted by molar-refractivity contribution is -0.146. The van der Waals surface area contributed by atoms with E-state index in [-0.39, 0.29) is 29.1 Å². The summed E-state index contributed by atoms with van der Waals surface area (Å²) in [5.41, 5.74) is -3.04. The smallest absolute Gasteiger partial charge is 0.315 e. The van der Waals surface area contributed by atoms with Crippen molar-refractivity contribution < 1.29 is 32.4 Å². The summed E-state index contributed by atoms with van der Waals surface area (Å²) in [6.07, 6.45) is 11.0. The van der Waals surface area contributed by atoms with Gasteiger partial charge < -0.3 is 26.2 Å². The largest absolute Gasteiger partial charge is 0.349 e. The fourth-order valence-electron chi connectivity index (χ4n) is 10.6. The van der Waals surface area contributed by atoms with Crippen molar-refractivity contribution in [1.82, 2.24) is 26.2 Å². The fraction of sp³-hybridized carbons (Fsp3) is 0.878. The number of amides is 5. The van der Waals surface area contributed by atoms with Crippen LogP contribution in [0.25, 0.3) is 0 Å². The maximum atomic E-state index is 15.0. The molecule has 54 heavy (non-hydrogen) atoms. The number of carbonyl (C=O) groups excluding carboxylic acids is 5. The first-order valence-corrected chi connectivity index (χ1v) is 22.5. The molecule has 0 aromatic heterocycles. The normalized spacial score (nSPS) is 32.0. The van der Waals surface area contributed by atoms with Gasteiger partial charge >= 0.3 is 6.03 Å². The van der Waals surface area contributed by atoms with E-state index in [1.165, 1.54) is 0 Å². The zero-order valence-corrected chi connectivity index (χ0v) is 34.9. The van der Waals surface area contributed by atoms with E-state index in [9.17, 15) is 27.6 Å². The van der Waals surface area contributed by atoms with Crippen molar-refractivity contribution >= 4 is 39.4 Å². The van der Waals surface area contributed by atoms with Gasteiger partial charge in [-0.3, -0.25) is 19.2 Å². The first-order chi connectivity index (χ1) is 25.1. The predicted molar refractivity (Wildman–Crippen MR) is 207 cm³/mol. The standard InChI is InChI=1S/C41H67N5O7S/c1-9-27-22-41(27,32(47)34(49)42-23-26-16-17-26)44-33(48)30-29-28(38(29,6)7)24-46(30)35(50)31(39(8)18-12-10-13-19-39)43-36(51)45-40(20-14-11-15-21-40)25(2)54(52,53)37(3,4)5/h25-31H,9-24H2,1-8H3,(H,42,49)(H,44,48)(H2,43,45,51)/t25-,27+,28?,29?,30-,31-,41?/m0/s1. The van der Waals surface area contributed by atoms with Crippen LogP contribution in [0.15, 0.2) is 0 Å². The van der Waals surface area contributed by atoms with Gasteiger partial charge in [0.1, 0.15) is 17.6 Å². The van der Waals surface area contributed by atoms with Crippen LogP contribution in [0.4, 0.5) is 4.79 Å². The van der Waals surface area contributed by atoms with Crippen LogP contribution in [0.3, 0.4) is 0 Å². The summed E-state index contributed by atoms with van der Waals surface area (Å²) in [5, 5.41) is 11.2. The third-order valence-corrected chi connectivity index (χ3v) is 18.1. The van der Waals surface area contributed by atoms with Crippen molar-refractivity contribution in [2.24, 2.45) is 34.5 Å². The highest BCUT2D eigenvalue weighted by Crippen LogP contribution is 2.65. The average molecular weight is 774 g/mol. The minimum absolute atomic E-state index is 0.0782. The fourth-order valence-corrected chi connectivity index (χ4v) is 12.6. The SMILES string of the molecule is CC[C@@H]1CC1(NC(=O)[C@@H]1C2C(CN1C(=O)[C@H](NC(=O)NC1([C@H](C)S(=O)(=O)C(C)(C)C)CCCCC1)C1(C)CCCCC1)C2(C)C)C(=O)C(=O)NCC1CC1. The molecule has 5 amide bonds. The van der Waals surface area contributed by atoms with Gasteiger partial charge in [0.25, 0.3) is 5.91 Å². The molecule has 6 fully saturated rings.